The molecule has 2 heterocycles. The van der Waals surface area contributed by atoms with Crippen molar-refractivity contribution in [3.05, 3.63) is 41.2 Å². The SMILES string of the molecule is Cc1nn(C(C)(C)C)c(C)c1C(=O)Nc1cccc(NC(=O)C2CCCCC(=O)N2)c1. The van der Waals surface area contributed by atoms with Gasteiger partial charge in [0.05, 0.1) is 16.8 Å². The van der Waals surface area contributed by atoms with E-state index in [1.54, 1.807) is 24.3 Å². The Morgan fingerprint density at radius 2 is 1.81 bits per heavy atom. The molecule has 8 nitrogen and oxygen atoms in total. The highest BCUT2D eigenvalue weighted by Gasteiger charge is 2.25. The van der Waals surface area contributed by atoms with Gasteiger partial charge in [-0.3, -0.25) is 19.1 Å². The molecule has 0 spiro atoms. The summed E-state index contributed by atoms with van der Waals surface area (Å²) < 4.78 is 1.86. The molecule has 1 aromatic heterocycles. The van der Waals surface area contributed by atoms with Crippen LogP contribution in [-0.4, -0.2) is 33.5 Å². The summed E-state index contributed by atoms with van der Waals surface area (Å²) in [6, 6.07) is 6.43. The zero-order valence-corrected chi connectivity index (χ0v) is 18.8. The summed E-state index contributed by atoms with van der Waals surface area (Å²) in [6.07, 6.45) is 2.69. The smallest absolute Gasteiger partial charge is 0.259 e. The highest BCUT2D eigenvalue weighted by Crippen LogP contribution is 2.23. The lowest BCUT2D eigenvalue weighted by atomic mass is 10.1. The molecule has 1 unspecified atom stereocenters. The molecule has 0 radical (unpaired) electrons. The van der Waals surface area contributed by atoms with Crippen molar-refractivity contribution >= 4 is 29.1 Å². The molecule has 0 bridgehead atoms. The Balaban J connectivity index is 1.72. The Morgan fingerprint density at radius 1 is 1.13 bits per heavy atom. The number of rotatable bonds is 4. The van der Waals surface area contributed by atoms with Gasteiger partial charge in [0.25, 0.3) is 5.91 Å². The maximum absolute atomic E-state index is 13.0. The van der Waals surface area contributed by atoms with Crippen molar-refractivity contribution in [1.82, 2.24) is 15.1 Å². The van der Waals surface area contributed by atoms with Gasteiger partial charge in [-0.1, -0.05) is 12.5 Å². The fourth-order valence-electron chi connectivity index (χ4n) is 3.89. The van der Waals surface area contributed by atoms with E-state index in [1.165, 1.54) is 0 Å². The second kappa shape index (κ2) is 8.91. The fraction of sp³-hybridized carbons (Fsp3) is 0.478. The van der Waals surface area contributed by atoms with Crippen LogP contribution in [-0.2, 0) is 15.1 Å². The van der Waals surface area contributed by atoms with Crippen LogP contribution < -0.4 is 16.0 Å². The van der Waals surface area contributed by atoms with Crippen molar-refractivity contribution in [2.75, 3.05) is 10.6 Å². The lowest BCUT2D eigenvalue weighted by Crippen LogP contribution is -2.42. The van der Waals surface area contributed by atoms with Gasteiger partial charge in [-0.15, -0.1) is 0 Å². The number of hydrogen-bond donors (Lipinski definition) is 3. The fourth-order valence-corrected chi connectivity index (χ4v) is 3.89. The first kappa shape index (κ1) is 22.5. The zero-order chi connectivity index (χ0) is 22.8. The normalized spacial score (nSPS) is 16.9. The topological polar surface area (TPSA) is 105 Å². The van der Waals surface area contributed by atoms with E-state index < -0.39 is 6.04 Å². The quantitative estimate of drug-likeness (QED) is 0.697. The van der Waals surface area contributed by atoms with Crippen molar-refractivity contribution in [3.8, 4) is 0 Å². The number of carbonyl (C=O) groups excluding carboxylic acids is 3. The molecule has 3 N–H and O–H groups in total. The molecule has 1 atom stereocenters. The molecule has 1 aliphatic rings. The lowest BCUT2D eigenvalue weighted by Gasteiger charge is -2.21. The summed E-state index contributed by atoms with van der Waals surface area (Å²) in [5.74, 6) is -0.595. The Hall–Kier alpha value is -3.16. The number of anilines is 2. The van der Waals surface area contributed by atoms with Gasteiger partial charge >= 0.3 is 0 Å². The van der Waals surface area contributed by atoms with Gasteiger partial charge < -0.3 is 16.0 Å². The minimum absolute atomic E-state index is 0.0970. The zero-order valence-electron chi connectivity index (χ0n) is 18.8. The van der Waals surface area contributed by atoms with Gasteiger partial charge in [0, 0.05) is 23.5 Å². The number of nitrogens with zero attached hydrogens (tertiary/aromatic N) is 2. The minimum Gasteiger partial charge on any atom is -0.344 e. The van der Waals surface area contributed by atoms with E-state index in [1.807, 2.05) is 39.3 Å². The number of hydrogen-bond acceptors (Lipinski definition) is 4. The molecule has 1 fully saturated rings. The number of amides is 3. The average Bonchev–Trinajstić information content (AvgIpc) is 2.84. The number of carbonyl (C=O) groups is 3. The molecule has 0 saturated carbocycles. The predicted octanol–water partition coefficient (Wildman–Crippen LogP) is 3.50. The highest BCUT2D eigenvalue weighted by atomic mass is 16.2. The third-order valence-corrected chi connectivity index (χ3v) is 5.34. The maximum atomic E-state index is 13.0. The number of benzene rings is 1. The van der Waals surface area contributed by atoms with Gasteiger partial charge in [0.15, 0.2) is 0 Å². The largest absolute Gasteiger partial charge is 0.344 e. The second-order valence-electron chi connectivity index (χ2n) is 9.02. The van der Waals surface area contributed by atoms with E-state index in [9.17, 15) is 14.4 Å². The second-order valence-corrected chi connectivity index (χ2v) is 9.02. The van der Waals surface area contributed by atoms with Gasteiger partial charge in [-0.2, -0.15) is 5.10 Å². The number of aromatic nitrogens is 2. The van der Waals surface area contributed by atoms with Crippen LogP contribution in [0.4, 0.5) is 11.4 Å². The van der Waals surface area contributed by atoms with E-state index in [0.29, 0.717) is 35.5 Å². The molecule has 1 aromatic carbocycles. The molecule has 2 aromatic rings. The van der Waals surface area contributed by atoms with E-state index >= 15 is 0 Å². The summed E-state index contributed by atoms with van der Waals surface area (Å²) in [6.45, 7) is 9.82. The first-order valence-electron chi connectivity index (χ1n) is 10.6. The van der Waals surface area contributed by atoms with Crippen LogP contribution in [0.25, 0.3) is 0 Å². The summed E-state index contributed by atoms with van der Waals surface area (Å²) in [5, 5.41) is 13.0. The Morgan fingerprint density at radius 3 is 2.45 bits per heavy atom. The van der Waals surface area contributed by atoms with Gasteiger partial charge in [-0.25, -0.2) is 0 Å². The summed E-state index contributed by atoms with van der Waals surface area (Å²) in [7, 11) is 0. The summed E-state index contributed by atoms with van der Waals surface area (Å²) >= 11 is 0. The maximum Gasteiger partial charge on any atom is 0.259 e. The van der Waals surface area contributed by atoms with Crippen molar-refractivity contribution in [2.24, 2.45) is 0 Å². The molecule has 31 heavy (non-hydrogen) atoms. The van der Waals surface area contributed by atoms with Crippen molar-refractivity contribution in [3.63, 3.8) is 0 Å². The van der Waals surface area contributed by atoms with Crippen LogP contribution in [0, 0.1) is 13.8 Å². The molecule has 1 aliphatic heterocycles. The molecular weight excluding hydrogens is 394 g/mol. The van der Waals surface area contributed by atoms with E-state index in [2.05, 4.69) is 21.0 Å². The monoisotopic (exact) mass is 425 g/mol. The standard InChI is InChI=1S/C23H31N5O3/c1-14-20(15(2)28(27-14)23(3,4)5)22(31)25-17-10-8-9-16(13-17)24-21(30)18-11-6-7-12-19(29)26-18/h8-10,13,18H,6-7,11-12H2,1-5H3,(H,24,30)(H,25,31)(H,26,29). The molecule has 8 heteroatoms. The van der Waals surface area contributed by atoms with Gasteiger partial charge in [-0.05, 0) is 65.7 Å². The first-order chi connectivity index (χ1) is 14.6. The molecule has 3 rings (SSSR count). The summed E-state index contributed by atoms with van der Waals surface area (Å²) in [4.78, 5) is 37.3. The predicted molar refractivity (Wildman–Crippen MR) is 120 cm³/mol. The third-order valence-electron chi connectivity index (χ3n) is 5.34. The van der Waals surface area contributed by atoms with Crippen LogP contribution in [0.15, 0.2) is 24.3 Å². The molecule has 3 amide bonds. The molecule has 166 valence electrons. The summed E-state index contributed by atoms with van der Waals surface area (Å²) in [5.41, 5.74) is 2.90. The van der Waals surface area contributed by atoms with Crippen molar-refractivity contribution < 1.29 is 14.4 Å². The third kappa shape index (κ3) is 5.31. The number of aryl methyl sites for hydroxylation is 1. The Labute approximate surface area is 182 Å². The Bertz CT molecular complexity index is 1000. The van der Waals surface area contributed by atoms with Crippen LogP contribution in [0.2, 0.25) is 0 Å². The van der Waals surface area contributed by atoms with Crippen LogP contribution in [0.5, 0.6) is 0 Å². The molecule has 1 saturated heterocycles. The first-order valence-corrected chi connectivity index (χ1v) is 10.6. The van der Waals surface area contributed by atoms with Crippen molar-refractivity contribution in [2.45, 2.75) is 71.9 Å². The van der Waals surface area contributed by atoms with Gasteiger partial charge in [0.1, 0.15) is 6.04 Å². The lowest BCUT2D eigenvalue weighted by molar-refractivity contribution is -0.125. The minimum atomic E-state index is -0.540. The van der Waals surface area contributed by atoms with Crippen molar-refractivity contribution in [1.29, 1.82) is 0 Å². The average molecular weight is 426 g/mol. The van der Waals surface area contributed by atoms with Crippen LogP contribution in [0.3, 0.4) is 0 Å². The van der Waals surface area contributed by atoms with Crippen LogP contribution in [0.1, 0.15) is 68.2 Å². The highest BCUT2D eigenvalue weighted by molar-refractivity contribution is 6.06. The number of nitrogens with one attached hydrogen (secondary N) is 3. The van der Waals surface area contributed by atoms with Gasteiger partial charge in [0.2, 0.25) is 11.8 Å². The van der Waals surface area contributed by atoms with E-state index in [0.717, 1.165) is 18.5 Å². The Kier molecular flexibility index (Phi) is 6.48. The molecule has 0 aliphatic carbocycles. The molecular formula is C23H31N5O3. The van der Waals surface area contributed by atoms with E-state index in [-0.39, 0.29) is 23.3 Å². The van der Waals surface area contributed by atoms with E-state index in [4.69, 9.17) is 0 Å². The van der Waals surface area contributed by atoms with Crippen LogP contribution >= 0.6 is 0 Å².